The van der Waals surface area contributed by atoms with Crippen molar-refractivity contribution in [3.05, 3.63) is 59.7 Å². The van der Waals surface area contributed by atoms with Crippen LogP contribution >= 0.6 is 11.8 Å². The van der Waals surface area contributed by atoms with E-state index in [9.17, 15) is 0 Å². The van der Waals surface area contributed by atoms with Gasteiger partial charge in [-0.05, 0) is 36.2 Å². The number of aryl methyl sites for hydroxylation is 1. The van der Waals surface area contributed by atoms with E-state index in [1.807, 2.05) is 30.3 Å². The topological polar surface area (TPSA) is 41.6 Å². The summed E-state index contributed by atoms with van der Waals surface area (Å²) in [7, 11) is 0. The molecule has 4 heteroatoms. The molecule has 3 aromatic rings. The monoisotopic (exact) mass is 349 g/mol. The molecule has 0 saturated heterocycles. The van der Waals surface area contributed by atoms with E-state index in [4.69, 9.17) is 10.2 Å². The number of hydrogen-bond acceptors (Lipinski definition) is 3. The van der Waals surface area contributed by atoms with Gasteiger partial charge < -0.3 is 4.57 Å². The van der Waals surface area contributed by atoms with Gasteiger partial charge in [-0.2, -0.15) is 5.26 Å². The maximum atomic E-state index is 8.91. The zero-order valence-electron chi connectivity index (χ0n) is 14.6. The highest BCUT2D eigenvalue weighted by molar-refractivity contribution is 7.98. The number of nitriles is 1. The summed E-state index contributed by atoms with van der Waals surface area (Å²) in [5, 5.41) is 9.99. The molecule has 0 amide bonds. The Morgan fingerprint density at radius 2 is 1.84 bits per heavy atom. The molecule has 1 aromatic heterocycles. The van der Waals surface area contributed by atoms with Crippen molar-refractivity contribution in [2.24, 2.45) is 0 Å². The molecule has 25 heavy (non-hydrogen) atoms. The summed E-state index contributed by atoms with van der Waals surface area (Å²) in [4.78, 5) is 4.83. The summed E-state index contributed by atoms with van der Waals surface area (Å²) in [6.07, 6.45) is 5.01. The van der Waals surface area contributed by atoms with Gasteiger partial charge in [-0.3, -0.25) is 0 Å². The van der Waals surface area contributed by atoms with E-state index in [-0.39, 0.29) is 0 Å². The zero-order chi connectivity index (χ0) is 17.5. The second-order valence-electron chi connectivity index (χ2n) is 6.19. The molecule has 0 atom stereocenters. The van der Waals surface area contributed by atoms with Gasteiger partial charge in [0.1, 0.15) is 0 Å². The molecule has 0 radical (unpaired) electrons. The minimum Gasteiger partial charge on any atom is -0.319 e. The standard InChI is InChI=1S/C21H23N3S/c1-2-3-4-7-14-24-20-9-6-5-8-19(20)23-21(24)25-16-18-12-10-17(15-22)11-13-18/h5-6,8-13H,2-4,7,14,16H2,1H3. The number of benzene rings is 2. The van der Waals surface area contributed by atoms with Gasteiger partial charge in [-0.25, -0.2) is 4.98 Å². The van der Waals surface area contributed by atoms with Crippen LogP contribution in [0.4, 0.5) is 0 Å². The van der Waals surface area contributed by atoms with E-state index in [2.05, 4.69) is 35.8 Å². The number of nitrogens with zero attached hydrogens (tertiary/aromatic N) is 3. The van der Waals surface area contributed by atoms with Crippen LogP contribution in [-0.2, 0) is 12.3 Å². The molecule has 0 aliphatic carbocycles. The van der Waals surface area contributed by atoms with E-state index in [0.29, 0.717) is 5.56 Å². The number of imidazole rings is 1. The van der Waals surface area contributed by atoms with Crippen molar-refractivity contribution >= 4 is 22.8 Å². The third kappa shape index (κ3) is 4.43. The van der Waals surface area contributed by atoms with E-state index < -0.39 is 0 Å². The summed E-state index contributed by atoms with van der Waals surface area (Å²) in [5.41, 5.74) is 4.21. The van der Waals surface area contributed by atoms with Gasteiger partial charge in [0.2, 0.25) is 0 Å². The van der Waals surface area contributed by atoms with Crippen LogP contribution < -0.4 is 0 Å². The molecule has 2 aromatic carbocycles. The first-order valence-corrected chi connectivity index (χ1v) is 9.87. The first-order valence-electron chi connectivity index (χ1n) is 8.89. The van der Waals surface area contributed by atoms with Crippen molar-refractivity contribution in [3.8, 4) is 6.07 Å². The largest absolute Gasteiger partial charge is 0.319 e. The summed E-state index contributed by atoms with van der Waals surface area (Å²) in [6.45, 7) is 3.27. The molecular weight excluding hydrogens is 326 g/mol. The maximum absolute atomic E-state index is 8.91. The number of para-hydroxylation sites is 2. The van der Waals surface area contributed by atoms with Crippen molar-refractivity contribution in [1.29, 1.82) is 5.26 Å². The van der Waals surface area contributed by atoms with Crippen LogP contribution in [0.3, 0.4) is 0 Å². The Hall–Kier alpha value is -2.25. The molecule has 1 heterocycles. The van der Waals surface area contributed by atoms with Gasteiger partial charge in [-0.1, -0.05) is 62.2 Å². The minimum absolute atomic E-state index is 0.705. The maximum Gasteiger partial charge on any atom is 0.169 e. The Morgan fingerprint density at radius 1 is 1.04 bits per heavy atom. The van der Waals surface area contributed by atoms with E-state index >= 15 is 0 Å². The van der Waals surface area contributed by atoms with Crippen molar-refractivity contribution in [2.75, 3.05) is 0 Å². The number of unbranched alkanes of at least 4 members (excludes halogenated alkanes) is 3. The molecule has 3 nitrogen and oxygen atoms in total. The number of fused-ring (bicyclic) bond motifs is 1. The predicted molar refractivity (Wildman–Crippen MR) is 105 cm³/mol. The molecule has 0 fully saturated rings. The second-order valence-corrected chi connectivity index (χ2v) is 7.14. The van der Waals surface area contributed by atoms with Gasteiger partial charge >= 0.3 is 0 Å². The highest BCUT2D eigenvalue weighted by Gasteiger charge is 2.11. The van der Waals surface area contributed by atoms with Crippen molar-refractivity contribution in [2.45, 2.75) is 50.1 Å². The molecule has 0 N–H and O–H groups in total. The molecule has 0 aliphatic heterocycles. The normalized spacial score (nSPS) is 10.9. The van der Waals surface area contributed by atoms with Crippen molar-refractivity contribution in [1.82, 2.24) is 9.55 Å². The number of hydrogen-bond donors (Lipinski definition) is 0. The van der Waals surface area contributed by atoms with Crippen molar-refractivity contribution < 1.29 is 0 Å². The minimum atomic E-state index is 0.705. The average Bonchev–Trinajstić information content (AvgIpc) is 3.01. The summed E-state index contributed by atoms with van der Waals surface area (Å²) >= 11 is 1.77. The van der Waals surface area contributed by atoms with Gasteiger partial charge in [0.15, 0.2) is 5.16 Å². The quantitative estimate of drug-likeness (QED) is 0.382. The Bertz CT molecular complexity index is 859. The third-order valence-corrected chi connectivity index (χ3v) is 5.35. The lowest BCUT2D eigenvalue weighted by Gasteiger charge is -2.09. The Balaban J connectivity index is 1.75. The van der Waals surface area contributed by atoms with Crippen LogP contribution in [0.5, 0.6) is 0 Å². The van der Waals surface area contributed by atoms with E-state index in [1.54, 1.807) is 11.8 Å². The van der Waals surface area contributed by atoms with Crippen LogP contribution in [0.1, 0.15) is 43.7 Å². The van der Waals surface area contributed by atoms with Crippen LogP contribution in [0, 0.1) is 11.3 Å². The van der Waals surface area contributed by atoms with Crippen LogP contribution in [0.15, 0.2) is 53.7 Å². The van der Waals surface area contributed by atoms with Gasteiger partial charge in [-0.15, -0.1) is 0 Å². The lowest BCUT2D eigenvalue weighted by Crippen LogP contribution is -2.00. The number of rotatable bonds is 8. The number of aromatic nitrogens is 2. The first-order chi connectivity index (χ1) is 12.3. The van der Waals surface area contributed by atoms with E-state index in [0.717, 1.165) is 23.0 Å². The Morgan fingerprint density at radius 3 is 2.60 bits per heavy atom. The van der Waals surface area contributed by atoms with Gasteiger partial charge in [0, 0.05) is 12.3 Å². The Labute approximate surface area is 153 Å². The van der Waals surface area contributed by atoms with Crippen LogP contribution in [0.2, 0.25) is 0 Å². The molecular formula is C21H23N3S. The molecule has 0 unspecified atom stereocenters. The highest BCUT2D eigenvalue weighted by Crippen LogP contribution is 2.27. The number of thioether (sulfide) groups is 1. The third-order valence-electron chi connectivity index (χ3n) is 4.31. The van der Waals surface area contributed by atoms with Crippen LogP contribution in [-0.4, -0.2) is 9.55 Å². The van der Waals surface area contributed by atoms with Crippen LogP contribution in [0.25, 0.3) is 11.0 Å². The molecule has 0 saturated carbocycles. The lowest BCUT2D eigenvalue weighted by molar-refractivity contribution is 0.563. The Kier molecular flexibility index (Phi) is 6.14. The molecule has 0 aliphatic rings. The smallest absolute Gasteiger partial charge is 0.169 e. The van der Waals surface area contributed by atoms with Crippen molar-refractivity contribution in [3.63, 3.8) is 0 Å². The fraction of sp³-hybridized carbons (Fsp3) is 0.333. The highest BCUT2D eigenvalue weighted by atomic mass is 32.2. The predicted octanol–water partition coefficient (Wildman–Crippen LogP) is 5.78. The first kappa shape index (κ1) is 17.6. The fourth-order valence-electron chi connectivity index (χ4n) is 2.90. The summed E-state index contributed by atoms with van der Waals surface area (Å²) in [6, 6.07) is 18.4. The molecule has 3 rings (SSSR count). The summed E-state index contributed by atoms with van der Waals surface area (Å²) < 4.78 is 2.36. The summed E-state index contributed by atoms with van der Waals surface area (Å²) in [5.74, 6) is 0.865. The molecule has 128 valence electrons. The zero-order valence-corrected chi connectivity index (χ0v) is 15.4. The van der Waals surface area contributed by atoms with E-state index in [1.165, 1.54) is 36.8 Å². The molecule has 0 bridgehead atoms. The molecule has 0 spiro atoms. The average molecular weight is 350 g/mol. The second kappa shape index (κ2) is 8.73. The fourth-order valence-corrected chi connectivity index (χ4v) is 3.90. The lowest BCUT2D eigenvalue weighted by atomic mass is 10.2. The SMILES string of the molecule is CCCCCCn1c(SCc2ccc(C#N)cc2)nc2ccccc21. The van der Waals surface area contributed by atoms with Gasteiger partial charge in [0.25, 0.3) is 0 Å². The van der Waals surface area contributed by atoms with Gasteiger partial charge in [0.05, 0.1) is 22.7 Å².